The molecular formula is C29H28ClN3O. The number of aryl methyl sites for hydroxylation is 2. The van der Waals surface area contributed by atoms with Crippen LogP contribution in [-0.4, -0.2) is 42.0 Å². The predicted octanol–water partition coefficient (Wildman–Crippen LogP) is 6.44. The maximum atomic E-state index is 13.8. The molecule has 1 aliphatic rings. The van der Waals surface area contributed by atoms with Crippen molar-refractivity contribution in [3.8, 4) is 11.3 Å². The van der Waals surface area contributed by atoms with Gasteiger partial charge in [0.25, 0.3) is 5.91 Å². The fourth-order valence-electron chi connectivity index (χ4n) is 4.74. The molecular weight excluding hydrogens is 442 g/mol. The number of aromatic nitrogens is 1. The summed E-state index contributed by atoms with van der Waals surface area (Å²) in [5.74, 6) is 0.0637. The second-order valence-corrected chi connectivity index (χ2v) is 9.47. The number of hydrogen-bond donors (Lipinski definition) is 0. The lowest BCUT2D eigenvalue weighted by atomic mass is 10.0. The molecule has 172 valence electrons. The van der Waals surface area contributed by atoms with E-state index in [0.717, 1.165) is 40.8 Å². The van der Waals surface area contributed by atoms with Crippen molar-refractivity contribution >= 4 is 34.1 Å². The monoisotopic (exact) mass is 469 g/mol. The van der Waals surface area contributed by atoms with Gasteiger partial charge in [-0.2, -0.15) is 0 Å². The Labute approximate surface area is 205 Å². The molecule has 0 radical (unpaired) electrons. The molecule has 1 saturated heterocycles. The SMILES string of the molecule is Cc1cccc(N2CCN(C(=O)c3cc(-c4ccc(Cl)cc4)nc4c(C)cccc34)CC2)c1C. The molecule has 0 unspecified atom stereocenters. The highest BCUT2D eigenvalue weighted by Crippen LogP contribution is 2.29. The highest BCUT2D eigenvalue weighted by atomic mass is 35.5. The van der Waals surface area contributed by atoms with Gasteiger partial charge < -0.3 is 9.80 Å². The summed E-state index contributed by atoms with van der Waals surface area (Å²) in [5, 5.41) is 1.58. The van der Waals surface area contributed by atoms with E-state index in [4.69, 9.17) is 16.6 Å². The van der Waals surface area contributed by atoms with Crippen molar-refractivity contribution in [1.29, 1.82) is 0 Å². The van der Waals surface area contributed by atoms with Crippen molar-refractivity contribution in [2.24, 2.45) is 0 Å². The third-order valence-corrected chi connectivity index (χ3v) is 7.15. The highest BCUT2D eigenvalue weighted by molar-refractivity contribution is 6.30. The van der Waals surface area contributed by atoms with Crippen LogP contribution in [0.3, 0.4) is 0 Å². The average molecular weight is 470 g/mol. The second-order valence-electron chi connectivity index (χ2n) is 9.03. The Morgan fingerprint density at radius 1 is 0.853 bits per heavy atom. The Morgan fingerprint density at radius 3 is 2.26 bits per heavy atom. The van der Waals surface area contributed by atoms with Gasteiger partial charge in [-0.3, -0.25) is 4.79 Å². The van der Waals surface area contributed by atoms with Gasteiger partial charge in [-0.1, -0.05) is 54.1 Å². The number of rotatable bonds is 3. The minimum absolute atomic E-state index is 0.0637. The molecule has 1 amide bonds. The van der Waals surface area contributed by atoms with Crippen LogP contribution in [0.4, 0.5) is 5.69 Å². The number of pyridine rings is 1. The van der Waals surface area contributed by atoms with Crippen LogP contribution in [0, 0.1) is 20.8 Å². The summed E-state index contributed by atoms with van der Waals surface area (Å²) >= 11 is 6.09. The molecule has 5 rings (SSSR count). The number of carbonyl (C=O) groups excluding carboxylic acids is 1. The first-order valence-electron chi connectivity index (χ1n) is 11.7. The third kappa shape index (κ3) is 4.14. The lowest BCUT2D eigenvalue weighted by Crippen LogP contribution is -2.49. The highest BCUT2D eigenvalue weighted by Gasteiger charge is 2.25. The van der Waals surface area contributed by atoms with E-state index < -0.39 is 0 Å². The number of anilines is 1. The maximum Gasteiger partial charge on any atom is 0.254 e. The van der Waals surface area contributed by atoms with Crippen LogP contribution in [-0.2, 0) is 0 Å². The van der Waals surface area contributed by atoms with Gasteiger partial charge in [0, 0.05) is 47.8 Å². The smallest absolute Gasteiger partial charge is 0.254 e. The molecule has 3 aromatic carbocycles. The van der Waals surface area contributed by atoms with E-state index >= 15 is 0 Å². The van der Waals surface area contributed by atoms with Crippen LogP contribution in [0.5, 0.6) is 0 Å². The lowest BCUT2D eigenvalue weighted by Gasteiger charge is -2.37. The fourth-order valence-corrected chi connectivity index (χ4v) is 4.86. The molecule has 0 spiro atoms. The molecule has 2 heterocycles. The van der Waals surface area contributed by atoms with Crippen LogP contribution in [0.15, 0.2) is 66.7 Å². The number of carbonyl (C=O) groups is 1. The molecule has 0 bridgehead atoms. The number of hydrogen-bond acceptors (Lipinski definition) is 3. The Morgan fingerprint density at radius 2 is 1.53 bits per heavy atom. The number of benzene rings is 3. The van der Waals surface area contributed by atoms with E-state index in [1.807, 2.05) is 60.4 Å². The number of amides is 1. The van der Waals surface area contributed by atoms with Crippen molar-refractivity contribution in [1.82, 2.24) is 9.88 Å². The molecule has 1 aromatic heterocycles. The summed E-state index contributed by atoms with van der Waals surface area (Å²) in [6, 6.07) is 22.0. The van der Waals surface area contributed by atoms with E-state index in [9.17, 15) is 4.79 Å². The maximum absolute atomic E-state index is 13.8. The zero-order chi connectivity index (χ0) is 23.8. The molecule has 0 saturated carbocycles. The first kappa shape index (κ1) is 22.4. The van der Waals surface area contributed by atoms with Gasteiger partial charge in [0.1, 0.15) is 0 Å². The van der Waals surface area contributed by atoms with E-state index in [0.29, 0.717) is 23.7 Å². The number of piperazine rings is 1. The number of fused-ring (bicyclic) bond motifs is 1. The summed E-state index contributed by atoms with van der Waals surface area (Å²) in [6.45, 7) is 9.39. The van der Waals surface area contributed by atoms with E-state index in [-0.39, 0.29) is 5.91 Å². The molecule has 4 nitrogen and oxygen atoms in total. The van der Waals surface area contributed by atoms with Gasteiger partial charge >= 0.3 is 0 Å². The standard InChI is InChI=1S/C29H28ClN3O/c1-19-6-5-9-27(21(19)3)32-14-16-33(17-15-32)29(34)25-18-26(22-10-12-23(30)13-11-22)31-28-20(2)7-4-8-24(25)28/h4-13,18H,14-17H2,1-3H3. The Hall–Kier alpha value is -3.37. The first-order valence-corrected chi connectivity index (χ1v) is 12.1. The summed E-state index contributed by atoms with van der Waals surface area (Å²) < 4.78 is 0. The second kappa shape index (κ2) is 9.11. The van der Waals surface area contributed by atoms with Crippen molar-refractivity contribution in [3.63, 3.8) is 0 Å². The van der Waals surface area contributed by atoms with Gasteiger partial charge in [0.05, 0.1) is 16.8 Å². The molecule has 5 heteroatoms. The lowest BCUT2D eigenvalue weighted by molar-refractivity contribution is 0.0748. The third-order valence-electron chi connectivity index (χ3n) is 6.90. The zero-order valence-electron chi connectivity index (χ0n) is 19.8. The van der Waals surface area contributed by atoms with Gasteiger partial charge in [-0.25, -0.2) is 4.98 Å². The van der Waals surface area contributed by atoms with Crippen molar-refractivity contribution in [2.75, 3.05) is 31.1 Å². The van der Waals surface area contributed by atoms with Gasteiger partial charge in [-0.05, 0) is 61.7 Å². The van der Waals surface area contributed by atoms with Crippen LogP contribution < -0.4 is 4.90 Å². The van der Waals surface area contributed by atoms with Gasteiger partial charge in [0.15, 0.2) is 0 Å². The fraction of sp³-hybridized carbons (Fsp3) is 0.241. The largest absolute Gasteiger partial charge is 0.368 e. The van der Waals surface area contributed by atoms with Crippen molar-refractivity contribution in [3.05, 3.63) is 94.0 Å². The normalized spacial score (nSPS) is 14.0. The first-order chi connectivity index (χ1) is 16.4. The molecule has 4 aromatic rings. The van der Waals surface area contributed by atoms with Crippen LogP contribution >= 0.6 is 11.6 Å². The number of para-hydroxylation sites is 1. The number of nitrogens with zero attached hydrogens (tertiary/aromatic N) is 3. The predicted molar refractivity (Wildman–Crippen MR) is 141 cm³/mol. The minimum atomic E-state index is 0.0637. The van der Waals surface area contributed by atoms with Crippen LogP contribution in [0.1, 0.15) is 27.0 Å². The zero-order valence-corrected chi connectivity index (χ0v) is 20.6. The Bertz CT molecular complexity index is 1370. The summed E-state index contributed by atoms with van der Waals surface area (Å²) in [6.07, 6.45) is 0. The summed E-state index contributed by atoms with van der Waals surface area (Å²) in [7, 11) is 0. The quantitative estimate of drug-likeness (QED) is 0.346. The van der Waals surface area contributed by atoms with E-state index in [2.05, 4.69) is 36.9 Å². The van der Waals surface area contributed by atoms with Crippen molar-refractivity contribution < 1.29 is 4.79 Å². The summed E-state index contributed by atoms with van der Waals surface area (Å²) in [5.41, 5.74) is 8.24. The summed E-state index contributed by atoms with van der Waals surface area (Å²) in [4.78, 5) is 23.1. The van der Waals surface area contributed by atoms with Gasteiger partial charge in [0.2, 0.25) is 0 Å². The molecule has 34 heavy (non-hydrogen) atoms. The topological polar surface area (TPSA) is 36.4 Å². The Kier molecular flexibility index (Phi) is 6.01. The molecule has 0 aliphatic carbocycles. The molecule has 1 fully saturated rings. The van der Waals surface area contributed by atoms with E-state index in [1.165, 1.54) is 16.8 Å². The molecule has 1 aliphatic heterocycles. The van der Waals surface area contributed by atoms with E-state index in [1.54, 1.807) is 0 Å². The van der Waals surface area contributed by atoms with Crippen molar-refractivity contribution in [2.45, 2.75) is 20.8 Å². The average Bonchev–Trinajstić information content (AvgIpc) is 2.86. The van der Waals surface area contributed by atoms with Crippen LogP contribution in [0.25, 0.3) is 22.2 Å². The Balaban J connectivity index is 1.47. The molecule has 0 N–H and O–H groups in total. The minimum Gasteiger partial charge on any atom is -0.368 e. The van der Waals surface area contributed by atoms with Crippen LogP contribution in [0.2, 0.25) is 5.02 Å². The number of halogens is 1. The van der Waals surface area contributed by atoms with Gasteiger partial charge in [-0.15, -0.1) is 0 Å². The molecule has 0 atom stereocenters.